The highest BCUT2D eigenvalue weighted by Gasteiger charge is 2.18. The van der Waals surface area contributed by atoms with Crippen LogP contribution < -0.4 is 0 Å². The topological polar surface area (TPSA) is 50.1 Å². The number of hydrogen-bond donors (Lipinski definition) is 0. The van der Waals surface area contributed by atoms with Crippen molar-refractivity contribution >= 4 is 0 Å². The minimum Gasteiger partial charge on any atom is -0.466 e. The molecule has 0 aliphatic carbocycles. The highest BCUT2D eigenvalue weighted by Crippen LogP contribution is 2.17. The van der Waals surface area contributed by atoms with Gasteiger partial charge in [-0.2, -0.15) is 0 Å². The van der Waals surface area contributed by atoms with Gasteiger partial charge in [-0.05, 0) is 12.1 Å². The third-order valence-corrected chi connectivity index (χ3v) is 3.35. The Bertz CT molecular complexity index is 342. The maximum Gasteiger partial charge on any atom is 0.158 e. The van der Waals surface area contributed by atoms with Gasteiger partial charge in [0.15, 0.2) is 12.6 Å². The number of furan rings is 1. The van der Waals surface area contributed by atoms with E-state index in [-0.39, 0.29) is 12.6 Å². The zero-order valence-corrected chi connectivity index (χ0v) is 11.0. The lowest BCUT2D eigenvalue weighted by molar-refractivity contribution is -0.0475. The van der Waals surface area contributed by atoms with E-state index in [1.807, 2.05) is 12.1 Å². The van der Waals surface area contributed by atoms with Crippen molar-refractivity contribution < 1.29 is 23.4 Å². The molecule has 0 N–H and O–H groups in total. The standard InChI is InChI=1S/C14H20O5/c1-2-12(4-6-14-17-9-10-18-14)19-11(1)3-5-13-15-7-8-16-13/h1-2,13-14H,3-10H2. The highest BCUT2D eigenvalue weighted by molar-refractivity contribution is 5.07. The molecule has 1 aromatic heterocycles. The third kappa shape index (κ3) is 3.79. The number of ether oxygens (including phenoxy) is 4. The Morgan fingerprint density at radius 2 is 1.16 bits per heavy atom. The first-order chi connectivity index (χ1) is 9.40. The van der Waals surface area contributed by atoms with Crippen LogP contribution >= 0.6 is 0 Å². The van der Waals surface area contributed by atoms with Crippen LogP contribution in [0.2, 0.25) is 0 Å². The minimum atomic E-state index is -0.0613. The van der Waals surface area contributed by atoms with Gasteiger partial charge in [-0.3, -0.25) is 0 Å². The van der Waals surface area contributed by atoms with Crippen LogP contribution in [0.25, 0.3) is 0 Å². The van der Waals surface area contributed by atoms with E-state index in [1.165, 1.54) is 0 Å². The van der Waals surface area contributed by atoms with Gasteiger partial charge in [0.2, 0.25) is 0 Å². The van der Waals surface area contributed by atoms with Crippen LogP contribution in [0.3, 0.4) is 0 Å². The van der Waals surface area contributed by atoms with E-state index < -0.39 is 0 Å². The van der Waals surface area contributed by atoms with Crippen molar-refractivity contribution in [3.8, 4) is 0 Å². The van der Waals surface area contributed by atoms with E-state index in [9.17, 15) is 0 Å². The van der Waals surface area contributed by atoms with Crippen LogP contribution in [0.5, 0.6) is 0 Å². The van der Waals surface area contributed by atoms with Crippen molar-refractivity contribution in [2.24, 2.45) is 0 Å². The van der Waals surface area contributed by atoms with Crippen molar-refractivity contribution in [2.45, 2.75) is 38.3 Å². The van der Waals surface area contributed by atoms with Crippen LogP contribution in [0.15, 0.2) is 16.5 Å². The Kier molecular flexibility index (Phi) is 4.50. The lowest BCUT2D eigenvalue weighted by atomic mass is 10.2. The summed E-state index contributed by atoms with van der Waals surface area (Å²) < 4.78 is 27.4. The molecule has 0 saturated carbocycles. The Hall–Kier alpha value is -0.880. The molecule has 3 heterocycles. The molecule has 5 heteroatoms. The maximum atomic E-state index is 5.78. The number of hydrogen-bond acceptors (Lipinski definition) is 5. The summed E-state index contributed by atoms with van der Waals surface area (Å²) >= 11 is 0. The molecule has 2 aliphatic rings. The van der Waals surface area contributed by atoms with E-state index in [0.29, 0.717) is 26.4 Å². The van der Waals surface area contributed by atoms with Gasteiger partial charge in [0, 0.05) is 25.7 Å². The molecule has 0 aromatic carbocycles. The molecule has 0 radical (unpaired) electrons. The van der Waals surface area contributed by atoms with E-state index in [1.54, 1.807) is 0 Å². The van der Waals surface area contributed by atoms with Crippen LogP contribution in [-0.4, -0.2) is 39.0 Å². The summed E-state index contributed by atoms with van der Waals surface area (Å²) in [6.07, 6.45) is 3.27. The summed E-state index contributed by atoms with van der Waals surface area (Å²) in [5.74, 6) is 1.98. The maximum absolute atomic E-state index is 5.78. The van der Waals surface area contributed by atoms with Gasteiger partial charge < -0.3 is 23.4 Å². The third-order valence-electron chi connectivity index (χ3n) is 3.35. The van der Waals surface area contributed by atoms with Gasteiger partial charge in [0.1, 0.15) is 11.5 Å². The monoisotopic (exact) mass is 268 g/mol. The fourth-order valence-corrected chi connectivity index (χ4v) is 2.36. The molecule has 3 rings (SSSR count). The van der Waals surface area contributed by atoms with E-state index >= 15 is 0 Å². The van der Waals surface area contributed by atoms with Gasteiger partial charge in [-0.15, -0.1) is 0 Å². The molecule has 0 spiro atoms. The fourth-order valence-electron chi connectivity index (χ4n) is 2.36. The summed E-state index contributed by atoms with van der Waals surface area (Å²) in [4.78, 5) is 0. The largest absolute Gasteiger partial charge is 0.466 e. The molecule has 0 unspecified atom stereocenters. The highest BCUT2D eigenvalue weighted by atomic mass is 16.7. The Labute approximate surface area is 112 Å². The van der Waals surface area contributed by atoms with Gasteiger partial charge in [0.05, 0.1) is 26.4 Å². The first-order valence-corrected chi connectivity index (χ1v) is 6.94. The SMILES string of the molecule is c1cc(CCC2OCCO2)oc1CCC1OCCO1. The molecule has 0 bridgehead atoms. The van der Waals surface area contributed by atoms with Crippen molar-refractivity contribution in [1.82, 2.24) is 0 Å². The quantitative estimate of drug-likeness (QED) is 0.788. The summed E-state index contributed by atoms with van der Waals surface area (Å²) in [6.45, 7) is 2.82. The summed E-state index contributed by atoms with van der Waals surface area (Å²) in [7, 11) is 0. The average Bonchev–Trinajstić information content (AvgIpc) is 3.16. The first kappa shape index (κ1) is 13.1. The minimum absolute atomic E-state index is 0.0613. The molecule has 0 amide bonds. The van der Waals surface area contributed by atoms with E-state index in [0.717, 1.165) is 37.2 Å². The summed E-state index contributed by atoms with van der Waals surface area (Å²) in [6, 6.07) is 4.06. The number of rotatable bonds is 6. The molecule has 19 heavy (non-hydrogen) atoms. The van der Waals surface area contributed by atoms with E-state index in [2.05, 4.69) is 0 Å². The molecule has 106 valence electrons. The Morgan fingerprint density at radius 3 is 1.58 bits per heavy atom. The lowest BCUT2D eigenvalue weighted by Crippen LogP contribution is -2.08. The number of aryl methyl sites for hydroxylation is 2. The van der Waals surface area contributed by atoms with Gasteiger partial charge in [-0.1, -0.05) is 0 Å². The van der Waals surface area contributed by atoms with Gasteiger partial charge in [-0.25, -0.2) is 0 Å². The molecule has 1 aromatic rings. The smallest absolute Gasteiger partial charge is 0.158 e. The molecule has 2 saturated heterocycles. The summed E-state index contributed by atoms with van der Waals surface area (Å²) in [5.41, 5.74) is 0. The zero-order chi connectivity index (χ0) is 12.9. The Balaban J connectivity index is 1.40. The van der Waals surface area contributed by atoms with E-state index in [4.69, 9.17) is 23.4 Å². The second kappa shape index (κ2) is 6.52. The normalized spacial score (nSPS) is 21.5. The van der Waals surface area contributed by atoms with Crippen LogP contribution in [0.1, 0.15) is 24.4 Å². The van der Waals surface area contributed by atoms with Crippen LogP contribution in [0.4, 0.5) is 0 Å². The second-order valence-corrected chi connectivity index (χ2v) is 4.79. The molecule has 2 aliphatic heterocycles. The Morgan fingerprint density at radius 1 is 0.737 bits per heavy atom. The van der Waals surface area contributed by atoms with Crippen LogP contribution in [-0.2, 0) is 31.8 Å². The molecule has 5 nitrogen and oxygen atoms in total. The molecule has 0 atom stereocenters. The molecule has 2 fully saturated rings. The van der Waals surface area contributed by atoms with Crippen molar-refractivity contribution in [3.63, 3.8) is 0 Å². The average molecular weight is 268 g/mol. The predicted molar refractivity (Wildman–Crippen MR) is 66.7 cm³/mol. The first-order valence-electron chi connectivity index (χ1n) is 6.94. The predicted octanol–water partition coefficient (Wildman–Crippen LogP) is 1.89. The van der Waals surface area contributed by atoms with Crippen LogP contribution in [0, 0.1) is 0 Å². The van der Waals surface area contributed by atoms with Crippen molar-refractivity contribution in [3.05, 3.63) is 23.7 Å². The van der Waals surface area contributed by atoms with Gasteiger partial charge in [0.25, 0.3) is 0 Å². The zero-order valence-electron chi connectivity index (χ0n) is 11.0. The lowest BCUT2D eigenvalue weighted by Gasteiger charge is -2.07. The van der Waals surface area contributed by atoms with Gasteiger partial charge >= 0.3 is 0 Å². The second-order valence-electron chi connectivity index (χ2n) is 4.79. The molecular formula is C14H20O5. The van der Waals surface area contributed by atoms with Crippen molar-refractivity contribution in [1.29, 1.82) is 0 Å². The van der Waals surface area contributed by atoms with Crippen molar-refractivity contribution in [2.75, 3.05) is 26.4 Å². The summed E-state index contributed by atoms with van der Waals surface area (Å²) in [5, 5.41) is 0. The fraction of sp³-hybridized carbons (Fsp3) is 0.714. The molecular weight excluding hydrogens is 248 g/mol.